The maximum absolute atomic E-state index is 14.3. The Bertz CT molecular complexity index is 6590. The number of carboxylic acids is 1. The van der Waals surface area contributed by atoms with Crippen molar-refractivity contribution in [2.24, 2.45) is 34.0 Å². The Morgan fingerprint density at radius 2 is 0.770 bits per heavy atom. The third-order valence-electron chi connectivity index (χ3n) is 29.1. The Labute approximate surface area is 806 Å². The van der Waals surface area contributed by atoms with Crippen LogP contribution in [-0.2, 0) is 42.9 Å². The molecule has 8 fully saturated rings. The molecule has 139 heavy (non-hydrogen) atoms. The molecule has 20 rings (SSSR count). The average Bonchev–Trinajstić information content (AvgIpc) is 1.59. The van der Waals surface area contributed by atoms with Gasteiger partial charge in [-0.25, -0.2) is 48.7 Å². The second kappa shape index (κ2) is 38.7. The van der Waals surface area contributed by atoms with Crippen molar-refractivity contribution in [3.63, 3.8) is 0 Å². The molecule has 4 bridgehead atoms. The Hall–Kier alpha value is -14.7. The highest BCUT2D eigenvalue weighted by Gasteiger charge is 2.58. The number of aliphatic carboxylic acids is 1. The summed E-state index contributed by atoms with van der Waals surface area (Å²) >= 11 is 0. The lowest BCUT2D eigenvalue weighted by atomic mass is 9.85. The molecule has 8 aromatic carbocycles. The van der Waals surface area contributed by atoms with Crippen LogP contribution in [0.25, 0.3) is 88.8 Å². The van der Waals surface area contributed by atoms with Gasteiger partial charge in [0.15, 0.2) is 6.04 Å². The molecule has 0 radical (unpaired) electrons. The second-order valence-electron chi connectivity index (χ2n) is 40.9. The van der Waals surface area contributed by atoms with E-state index < -0.39 is 65.5 Å². The Kier molecular flexibility index (Phi) is 26.4. The number of nitrogens with zero attached hydrogens (tertiary/aromatic N) is 8. The number of fused-ring (bicyclic) bond motifs is 6. The molecule has 4 aromatic heterocycles. The van der Waals surface area contributed by atoms with Gasteiger partial charge in [-0.3, -0.25) is 19.3 Å². The van der Waals surface area contributed by atoms with Gasteiger partial charge < -0.3 is 84.7 Å². The van der Waals surface area contributed by atoms with E-state index in [0.717, 1.165) is 196 Å². The van der Waals surface area contributed by atoms with Crippen LogP contribution in [0, 0.1) is 34.0 Å². The van der Waals surface area contributed by atoms with Crippen LogP contribution in [-0.4, -0.2) is 190 Å². The molecule has 722 valence electrons. The maximum atomic E-state index is 14.3. The molecule has 9 N–H and O–H groups in total. The number of methoxy groups -OCH3 is 4. The van der Waals surface area contributed by atoms with Gasteiger partial charge >= 0.3 is 36.4 Å². The number of ether oxygens (including phenoxy) is 5. The Morgan fingerprint density at radius 1 is 0.410 bits per heavy atom. The number of aromatic nitrogens is 8. The Balaban J connectivity index is 0.000000161. The van der Waals surface area contributed by atoms with Gasteiger partial charge in [-0.15, -0.1) is 0 Å². The van der Waals surface area contributed by atoms with Crippen molar-refractivity contribution in [1.82, 2.24) is 80.7 Å². The number of benzene rings is 8. The SMILES string of the molecule is COC(=O)NC(C(=O)N1CC2(CC2)C[C@H]1c1ncc(-c2ccc3cc(-c4ccc(-c5cnc([C@@H]6[C@H]7CC[C@H](C7)N6C(=O)[C@@H](NC(=O)OC)C(C)(C)C)[nH]5)cc4)ccc3c2)[nH]1)c1ccccc1.COC(=O)N[C@@H](C(=O)O)c1ccccc1.COC(=O)N[C@H](C(=O)N1[C@@H]2CC[C@@H](C2)[C@H]1c1ncc(-c2ccc(-c3ccc4cc(-c5cnc([C@@H]6CC7(CC7)CN6C(=O)OC(C)(C)C)[nH]5)ccc4c3)cc2)[nH]1)C(C)C. The van der Waals surface area contributed by atoms with Crippen LogP contribution in [0.4, 0.5) is 24.0 Å². The molecular formula is C108H120N16O15. The number of carbonyl (C=O) groups excluding carboxylic acids is 8. The smallest absolute Gasteiger partial charge is 0.410 e. The number of imidazole rings is 4. The summed E-state index contributed by atoms with van der Waals surface area (Å²) in [6.07, 6.45) is 16.5. The highest BCUT2D eigenvalue weighted by molar-refractivity contribution is 5.94. The maximum Gasteiger partial charge on any atom is 0.410 e. The van der Waals surface area contributed by atoms with Crippen LogP contribution in [0.1, 0.15) is 203 Å². The van der Waals surface area contributed by atoms with Crippen LogP contribution < -0.4 is 21.3 Å². The molecule has 12 aromatic rings. The molecule has 8 amide bonds. The monoisotopic (exact) mass is 1880 g/mol. The molecule has 31 heteroatoms. The van der Waals surface area contributed by atoms with E-state index in [9.17, 15) is 43.2 Å². The lowest BCUT2D eigenvalue weighted by Gasteiger charge is -2.40. The van der Waals surface area contributed by atoms with E-state index >= 15 is 0 Å². The third kappa shape index (κ3) is 20.1. The summed E-state index contributed by atoms with van der Waals surface area (Å²) in [5, 5.41) is 23.9. The van der Waals surface area contributed by atoms with Crippen LogP contribution in [0.5, 0.6) is 0 Å². The number of aromatic amines is 4. The topological polar surface area (TPSA) is 396 Å². The van der Waals surface area contributed by atoms with Gasteiger partial charge in [0.2, 0.25) is 11.8 Å². The minimum Gasteiger partial charge on any atom is -0.479 e. The fourth-order valence-corrected chi connectivity index (χ4v) is 21.4. The standard InChI is InChI=1S/C52H56N8O6.C46H53N7O5.C10H11NO4/c1-51(2,3)44(58-50(64)66-5)48(62)60-38-20-19-37(25-38)43(60)46-54-27-39(56-46)31-13-11-30(12-14-31)33-15-16-35-24-36(18-17-34(35)23-33)40-28-53-45(55-40)41-26-52(21-22-52)29-59(41)47(61)42(57-49(63)65-4)32-9-7-6-8-10-32;1-26(2)38(51-43(55)57-6)42(54)53-34-16-15-33(21-34)39(53)41-48-23-35(50-41)28-9-7-27(8-10-28)29-11-12-31-20-32(14-13-30(31)19-29)36-24-47-40(49-36)37-22-46(17-18-46)25-52(37)44(56)58-45(3,4)5;1-15-10(14)11-8(9(12)13)7-5-3-2-4-6-7/h6-18,23-24,27-28,37-38,41-44H,19-22,25-26,29H2,1-5H3,(H,53,55)(H,54,56)(H,57,63)(H,58,64);7-14,19-20,23-24,26,33-34,37-39H,15-18,21-22,25H2,1-6H3,(H,47,49)(H,48,50)(H,51,55);2-6,8H,1H3,(H,11,14)(H,12,13)/t37-,38+,41-,42?,43-,44+;33-,34+,37-,38-,39-;8-/m001/s1. The molecule has 12 atom stereocenters. The molecule has 2 spiro atoms. The normalized spacial score (nSPS) is 20.8. The van der Waals surface area contributed by atoms with Crippen LogP contribution in [0.2, 0.25) is 0 Å². The van der Waals surface area contributed by atoms with Gasteiger partial charge in [0.05, 0.1) is 100 Å². The zero-order valence-electron chi connectivity index (χ0n) is 80.3. The molecule has 31 nitrogen and oxygen atoms in total. The van der Waals surface area contributed by atoms with E-state index in [1.807, 2.05) is 130 Å². The Morgan fingerprint density at radius 3 is 1.19 bits per heavy atom. The summed E-state index contributed by atoms with van der Waals surface area (Å²) in [4.78, 5) is 155. The van der Waals surface area contributed by atoms with Crippen molar-refractivity contribution < 1.29 is 71.9 Å². The van der Waals surface area contributed by atoms with Crippen LogP contribution >= 0.6 is 0 Å². The lowest BCUT2D eigenvalue weighted by Crippen LogP contribution is -2.56. The van der Waals surface area contributed by atoms with Crippen molar-refractivity contribution in [3.05, 3.63) is 241 Å². The van der Waals surface area contributed by atoms with E-state index in [1.165, 1.54) is 28.4 Å². The van der Waals surface area contributed by atoms with Crippen LogP contribution in [0.3, 0.4) is 0 Å². The van der Waals surface area contributed by atoms with Crippen molar-refractivity contribution in [3.8, 4) is 67.3 Å². The molecule has 8 heterocycles. The number of carbonyl (C=O) groups is 9. The summed E-state index contributed by atoms with van der Waals surface area (Å²) < 4.78 is 24.7. The first kappa shape index (κ1) is 94.7. The summed E-state index contributed by atoms with van der Waals surface area (Å²) in [5.74, 6) is 2.13. The highest BCUT2D eigenvalue weighted by Crippen LogP contribution is 2.61. The third-order valence-corrected chi connectivity index (χ3v) is 29.1. The van der Waals surface area contributed by atoms with Gasteiger partial charge in [0.1, 0.15) is 47.0 Å². The zero-order chi connectivity index (χ0) is 97.7. The predicted molar refractivity (Wildman–Crippen MR) is 523 cm³/mol. The van der Waals surface area contributed by atoms with Crippen LogP contribution in [0.15, 0.2) is 207 Å². The van der Waals surface area contributed by atoms with Crippen molar-refractivity contribution in [2.75, 3.05) is 41.5 Å². The molecule has 1 unspecified atom stereocenters. The van der Waals surface area contributed by atoms with Crippen molar-refractivity contribution in [1.29, 1.82) is 0 Å². The first-order chi connectivity index (χ1) is 66.7. The van der Waals surface area contributed by atoms with Gasteiger partial charge in [0.25, 0.3) is 5.91 Å². The number of rotatable bonds is 21. The number of nitrogens with one attached hydrogen (secondary N) is 8. The van der Waals surface area contributed by atoms with Gasteiger partial charge in [-0.2, -0.15) is 0 Å². The number of hydrogen-bond donors (Lipinski definition) is 9. The lowest BCUT2D eigenvalue weighted by molar-refractivity contribution is -0.141. The summed E-state index contributed by atoms with van der Waals surface area (Å²) in [7, 11) is 5.10. The predicted octanol–water partition coefficient (Wildman–Crippen LogP) is 19.6. The second-order valence-corrected chi connectivity index (χ2v) is 40.9. The minimum absolute atomic E-state index is 0.0769. The average molecular weight is 1880 g/mol. The summed E-state index contributed by atoms with van der Waals surface area (Å²) in [5.41, 5.74) is 12.4. The fourth-order valence-electron chi connectivity index (χ4n) is 21.4. The van der Waals surface area contributed by atoms with Gasteiger partial charge in [-0.1, -0.05) is 192 Å². The van der Waals surface area contributed by atoms with E-state index in [2.05, 4.69) is 167 Å². The summed E-state index contributed by atoms with van der Waals surface area (Å²) in [6.45, 7) is 16.8. The van der Waals surface area contributed by atoms with Crippen molar-refractivity contribution >= 4 is 75.7 Å². The zero-order valence-corrected chi connectivity index (χ0v) is 80.3. The highest BCUT2D eigenvalue weighted by atomic mass is 16.6. The first-order valence-corrected chi connectivity index (χ1v) is 47.9. The van der Waals surface area contributed by atoms with E-state index in [1.54, 1.807) is 30.3 Å². The van der Waals surface area contributed by atoms with E-state index in [-0.39, 0.29) is 76.8 Å². The molecule has 8 aliphatic rings. The van der Waals surface area contributed by atoms with E-state index in [4.69, 9.17) is 44.0 Å². The number of carboxylic acid groups (broad SMARTS) is 1. The molecule has 4 aliphatic heterocycles. The molecule has 4 saturated carbocycles. The van der Waals surface area contributed by atoms with Gasteiger partial charge in [0, 0.05) is 36.3 Å². The molecule has 4 saturated heterocycles. The van der Waals surface area contributed by atoms with Crippen molar-refractivity contribution in [2.45, 2.75) is 198 Å². The molecular weight excluding hydrogens is 1760 g/mol. The number of hydrogen-bond acceptors (Lipinski definition) is 18. The number of H-pyrrole nitrogens is 4. The van der Waals surface area contributed by atoms with E-state index in [0.29, 0.717) is 29.5 Å². The number of amides is 8. The fraction of sp³-hybridized carbons (Fsp3) is 0.398. The number of alkyl carbamates (subject to hydrolysis) is 4. The van der Waals surface area contributed by atoms with Gasteiger partial charge in [-0.05, 0) is 222 Å². The quantitative estimate of drug-likeness (QED) is 0.0302. The first-order valence-electron chi connectivity index (χ1n) is 47.9. The molecule has 4 aliphatic carbocycles. The summed E-state index contributed by atoms with van der Waals surface area (Å²) in [6, 6.07) is 56.5. The number of likely N-dealkylation sites (tertiary alicyclic amines) is 4. The minimum atomic E-state index is -1.13. The largest absolute Gasteiger partial charge is 0.479 e. The number of piperidine rings is 2.